The molecule has 0 aliphatic heterocycles. The summed E-state index contributed by atoms with van der Waals surface area (Å²) in [5.41, 5.74) is 1.31. The summed E-state index contributed by atoms with van der Waals surface area (Å²) in [6.45, 7) is -0.0134. The fourth-order valence-electron chi connectivity index (χ4n) is 2.36. The highest BCUT2D eigenvalue weighted by molar-refractivity contribution is 9.10. The molecule has 3 aromatic rings. The van der Waals surface area contributed by atoms with Crippen molar-refractivity contribution in [2.45, 2.75) is 6.61 Å². The van der Waals surface area contributed by atoms with Crippen molar-refractivity contribution >= 4 is 27.8 Å². The first kappa shape index (κ1) is 21.7. The standard InChI is InChI=1S/C20H11BrF6N2O/c21-12-7-10(5-6-14(12)30-9-11-3-1-2-4-13(11)22)8-28-29-20-18(26)16(24)15(23)17(25)19(20)27/h1-8,29H,9H2. The van der Waals surface area contributed by atoms with Gasteiger partial charge in [-0.15, -0.1) is 0 Å². The molecule has 0 unspecified atom stereocenters. The molecule has 10 heteroatoms. The molecule has 0 aliphatic carbocycles. The molecule has 0 bridgehead atoms. The average molecular weight is 489 g/mol. The van der Waals surface area contributed by atoms with Gasteiger partial charge in [-0.05, 0) is 45.8 Å². The minimum absolute atomic E-state index is 0.0134. The highest BCUT2D eigenvalue weighted by atomic mass is 79.9. The molecular formula is C20H11BrF6N2O. The second kappa shape index (κ2) is 9.21. The molecule has 0 fully saturated rings. The summed E-state index contributed by atoms with van der Waals surface area (Å²) in [6.07, 6.45) is 1.10. The van der Waals surface area contributed by atoms with E-state index >= 15 is 0 Å². The van der Waals surface area contributed by atoms with Gasteiger partial charge in [0.15, 0.2) is 23.3 Å². The minimum atomic E-state index is -2.26. The van der Waals surface area contributed by atoms with E-state index in [-0.39, 0.29) is 6.61 Å². The average Bonchev–Trinajstić information content (AvgIpc) is 2.73. The predicted molar refractivity (Wildman–Crippen MR) is 102 cm³/mol. The van der Waals surface area contributed by atoms with Gasteiger partial charge in [-0.2, -0.15) is 5.10 Å². The Morgan fingerprint density at radius 3 is 2.13 bits per heavy atom. The van der Waals surface area contributed by atoms with E-state index in [2.05, 4.69) is 21.0 Å². The summed E-state index contributed by atoms with van der Waals surface area (Å²) >= 11 is 3.26. The maximum Gasteiger partial charge on any atom is 0.200 e. The molecule has 156 valence electrons. The molecule has 3 nitrogen and oxygen atoms in total. The Labute approximate surface area is 175 Å². The van der Waals surface area contributed by atoms with Crippen LogP contribution in [0.4, 0.5) is 32.0 Å². The Kier molecular flexibility index (Phi) is 6.66. The van der Waals surface area contributed by atoms with E-state index in [4.69, 9.17) is 4.74 Å². The molecule has 0 saturated carbocycles. The maximum absolute atomic E-state index is 13.6. The van der Waals surface area contributed by atoms with E-state index in [1.54, 1.807) is 18.2 Å². The molecule has 0 spiro atoms. The maximum atomic E-state index is 13.6. The van der Waals surface area contributed by atoms with Crippen LogP contribution in [-0.4, -0.2) is 6.21 Å². The number of anilines is 1. The van der Waals surface area contributed by atoms with Crippen LogP contribution in [0.2, 0.25) is 0 Å². The van der Waals surface area contributed by atoms with Crippen molar-refractivity contribution in [2.75, 3.05) is 5.43 Å². The van der Waals surface area contributed by atoms with Gasteiger partial charge in [0.2, 0.25) is 5.82 Å². The summed E-state index contributed by atoms with van der Waals surface area (Å²) in [7, 11) is 0. The second-order valence-electron chi connectivity index (χ2n) is 5.88. The monoisotopic (exact) mass is 488 g/mol. The lowest BCUT2D eigenvalue weighted by atomic mass is 10.2. The largest absolute Gasteiger partial charge is 0.488 e. The van der Waals surface area contributed by atoms with Crippen LogP contribution in [-0.2, 0) is 6.61 Å². The molecule has 3 rings (SSSR count). The molecule has 1 N–H and O–H groups in total. The normalized spacial score (nSPS) is 11.2. The lowest BCUT2D eigenvalue weighted by Gasteiger charge is -2.09. The van der Waals surface area contributed by atoms with Gasteiger partial charge in [0.1, 0.15) is 23.9 Å². The van der Waals surface area contributed by atoms with Crippen LogP contribution in [0.15, 0.2) is 52.0 Å². The van der Waals surface area contributed by atoms with Gasteiger partial charge in [0.05, 0.1) is 10.7 Å². The zero-order valence-electron chi connectivity index (χ0n) is 14.8. The molecule has 0 aliphatic rings. The van der Waals surface area contributed by atoms with Crippen molar-refractivity contribution in [1.29, 1.82) is 0 Å². The van der Waals surface area contributed by atoms with Crippen molar-refractivity contribution in [2.24, 2.45) is 5.10 Å². The van der Waals surface area contributed by atoms with Crippen LogP contribution in [0.25, 0.3) is 0 Å². The molecule has 0 heterocycles. The Morgan fingerprint density at radius 1 is 0.867 bits per heavy atom. The molecule has 30 heavy (non-hydrogen) atoms. The van der Waals surface area contributed by atoms with E-state index in [0.29, 0.717) is 21.3 Å². The number of hydrogen-bond acceptors (Lipinski definition) is 3. The van der Waals surface area contributed by atoms with Gasteiger partial charge in [-0.3, -0.25) is 5.43 Å². The van der Waals surface area contributed by atoms with Gasteiger partial charge < -0.3 is 4.74 Å². The second-order valence-corrected chi connectivity index (χ2v) is 6.74. The van der Waals surface area contributed by atoms with Gasteiger partial charge in [0.25, 0.3) is 0 Å². The third-order valence-corrected chi connectivity index (χ3v) is 4.52. The quantitative estimate of drug-likeness (QED) is 0.145. The van der Waals surface area contributed by atoms with E-state index in [9.17, 15) is 26.3 Å². The lowest BCUT2D eigenvalue weighted by Crippen LogP contribution is -2.06. The fraction of sp³-hybridized carbons (Fsp3) is 0.0500. The first-order valence-electron chi connectivity index (χ1n) is 8.26. The Morgan fingerprint density at radius 2 is 1.50 bits per heavy atom. The fourth-order valence-corrected chi connectivity index (χ4v) is 2.87. The summed E-state index contributed by atoms with van der Waals surface area (Å²) in [4.78, 5) is 0. The molecular weight excluding hydrogens is 478 g/mol. The van der Waals surface area contributed by atoms with Crippen molar-refractivity contribution in [1.82, 2.24) is 0 Å². The van der Waals surface area contributed by atoms with E-state index in [0.717, 1.165) is 6.21 Å². The number of hydrazone groups is 1. The molecule has 0 aromatic heterocycles. The molecule has 3 aromatic carbocycles. The van der Waals surface area contributed by atoms with Gasteiger partial charge in [0, 0.05) is 5.56 Å². The number of ether oxygens (including phenoxy) is 1. The van der Waals surface area contributed by atoms with Gasteiger partial charge in [-0.25, -0.2) is 26.3 Å². The van der Waals surface area contributed by atoms with E-state index < -0.39 is 40.6 Å². The highest BCUT2D eigenvalue weighted by Crippen LogP contribution is 2.28. The Hall–Kier alpha value is -3.01. The molecule has 0 saturated heterocycles. The first-order chi connectivity index (χ1) is 14.3. The van der Waals surface area contributed by atoms with Crippen LogP contribution in [0.3, 0.4) is 0 Å². The minimum Gasteiger partial charge on any atom is -0.488 e. The van der Waals surface area contributed by atoms with Crippen molar-refractivity contribution < 1.29 is 31.1 Å². The first-order valence-corrected chi connectivity index (χ1v) is 9.05. The van der Waals surface area contributed by atoms with Crippen LogP contribution < -0.4 is 10.2 Å². The van der Waals surface area contributed by atoms with E-state index in [1.807, 2.05) is 5.43 Å². The summed E-state index contributed by atoms with van der Waals surface area (Å²) in [5.74, 6) is -10.5. The van der Waals surface area contributed by atoms with E-state index in [1.165, 1.54) is 24.3 Å². The van der Waals surface area contributed by atoms with Crippen molar-refractivity contribution in [3.63, 3.8) is 0 Å². The van der Waals surface area contributed by atoms with Crippen LogP contribution in [0.5, 0.6) is 5.75 Å². The van der Waals surface area contributed by atoms with Crippen molar-refractivity contribution in [3.8, 4) is 5.75 Å². The van der Waals surface area contributed by atoms with Crippen LogP contribution in [0, 0.1) is 34.9 Å². The summed E-state index contributed by atoms with van der Waals surface area (Å²) in [6, 6.07) is 10.7. The SMILES string of the molecule is Fc1ccccc1COc1ccc(C=NNc2c(F)c(F)c(F)c(F)c2F)cc1Br. The van der Waals surface area contributed by atoms with Crippen LogP contribution in [0.1, 0.15) is 11.1 Å². The van der Waals surface area contributed by atoms with Crippen molar-refractivity contribution in [3.05, 3.63) is 93.0 Å². The lowest BCUT2D eigenvalue weighted by molar-refractivity contribution is 0.298. The van der Waals surface area contributed by atoms with Gasteiger partial charge in [-0.1, -0.05) is 18.2 Å². The Balaban J connectivity index is 1.71. The topological polar surface area (TPSA) is 33.6 Å². The third kappa shape index (κ3) is 4.59. The molecule has 0 amide bonds. The highest BCUT2D eigenvalue weighted by Gasteiger charge is 2.25. The molecule has 0 atom stereocenters. The number of benzene rings is 3. The number of nitrogens with zero attached hydrogens (tertiary/aromatic N) is 1. The Bertz CT molecular complexity index is 1090. The zero-order chi connectivity index (χ0) is 21.8. The number of nitrogens with one attached hydrogen (secondary N) is 1. The number of rotatable bonds is 6. The summed E-state index contributed by atoms with van der Waals surface area (Å²) in [5, 5.41) is 3.50. The van der Waals surface area contributed by atoms with Crippen LogP contribution >= 0.6 is 15.9 Å². The number of hydrogen-bond donors (Lipinski definition) is 1. The summed E-state index contributed by atoms with van der Waals surface area (Å²) < 4.78 is 86.2. The van der Waals surface area contributed by atoms with Gasteiger partial charge >= 0.3 is 0 Å². The predicted octanol–water partition coefficient (Wildman–Crippen LogP) is 6.31. The zero-order valence-corrected chi connectivity index (χ0v) is 16.4. The number of halogens is 7. The smallest absolute Gasteiger partial charge is 0.200 e. The molecule has 0 radical (unpaired) electrons. The third-order valence-electron chi connectivity index (χ3n) is 3.90.